The van der Waals surface area contributed by atoms with Crippen molar-refractivity contribution >= 4 is 11.8 Å². The van der Waals surface area contributed by atoms with E-state index < -0.39 is 0 Å². The largest absolute Gasteiger partial charge is 0.316 e. The summed E-state index contributed by atoms with van der Waals surface area (Å²) in [6.45, 7) is 4.58. The zero-order chi connectivity index (χ0) is 8.69. The fraction of sp³-hybridized carbons (Fsp3) is 1.00. The van der Waals surface area contributed by atoms with Gasteiger partial charge in [0.25, 0.3) is 0 Å². The Bertz CT molecular complexity index is 85.6. The number of rotatable bonds is 6. The average Bonchev–Trinajstić information content (AvgIpc) is 2.03. The predicted molar refractivity (Wildman–Crippen MR) is 55.3 cm³/mol. The minimum absolute atomic E-state index is 0.708. The van der Waals surface area contributed by atoms with Gasteiger partial charge >= 0.3 is 0 Å². The van der Waals surface area contributed by atoms with Crippen molar-refractivity contribution in [2.75, 3.05) is 19.1 Å². The normalized spacial score (nSPS) is 16.4. The maximum Gasteiger partial charge on any atom is 0.0157 e. The second-order valence-electron chi connectivity index (χ2n) is 3.19. The highest BCUT2D eigenvalue weighted by Gasteiger charge is 2.08. The monoisotopic (exact) mass is 175 g/mol. The summed E-state index contributed by atoms with van der Waals surface area (Å²) in [5, 5.41) is 3.35. The lowest BCUT2D eigenvalue weighted by molar-refractivity contribution is 0.436. The van der Waals surface area contributed by atoms with E-state index in [1.165, 1.54) is 18.6 Å². The third kappa shape index (κ3) is 5.57. The zero-order valence-corrected chi connectivity index (χ0v) is 9.00. The van der Waals surface area contributed by atoms with Gasteiger partial charge in [0.15, 0.2) is 0 Å². The molecule has 1 N–H and O–H groups in total. The van der Waals surface area contributed by atoms with E-state index in [2.05, 4.69) is 32.5 Å². The third-order valence-corrected chi connectivity index (χ3v) is 2.90. The minimum atomic E-state index is 0.708. The topological polar surface area (TPSA) is 12.0 Å². The Morgan fingerprint density at radius 3 is 2.45 bits per heavy atom. The summed E-state index contributed by atoms with van der Waals surface area (Å²) in [4.78, 5) is 0. The van der Waals surface area contributed by atoms with Gasteiger partial charge in [0.05, 0.1) is 0 Å². The summed E-state index contributed by atoms with van der Waals surface area (Å²) in [5.41, 5.74) is 0. The second-order valence-corrected chi connectivity index (χ2v) is 4.10. The van der Waals surface area contributed by atoms with E-state index in [9.17, 15) is 0 Å². The smallest absolute Gasteiger partial charge is 0.0157 e. The number of hydrogen-bond donors (Lipinski definition) is 1. The third-order valence-electron chi connectivity index (χ3n) is 2.16. The molecule has 0 aliphatic heterocycles. The summed E-state index contributed by atoms with van der Waals surface area (Å²) < 4.78 is 0. The first kappa shape index (κ1) is 11.3. The molecular weight excluding hydrogens is 154 g/mol. The van der Waals surface area contributed by atoms with Gasteiger partial charge in [0.1, 0.15) is 0 Å². The van der Waals surface area contributed by atoms with E-state index >= 15 is 0 Å². The molecule has 0 aromatic rings. The molecule has 68 valence electrons. The van der Waals surface area contributed by atoms with Crippen LogP contribution < -0.4 is 5.32 Å². The number of thioether (sulfide) groups is 1. The van der Waals surface area contributed by atoms with Gasteiger partial charge in [-0.25, -0.2) is 0 Å². The summed E-state index contributed by atoms with van der Waals surface area (Å²) >= 11 is 1.92. The molecule has 2 atom stereocenters. The van der Waals surface area contributed by atoms with E-state index in [0.717, 1.165) is 5.92 Å². The van der Waals surface area contributed by atoms with E-state index in [1.54, 1.807) is 0 Å². The first-order chi connectivity index (χ1) is 5.24. The van der Waals surface area contributed by atoms with Crippen LogP contribution >= 0.6 is 11.8 Å². The van der Waals surface area contributed by atoms with Crippen molar-refractivity contribution in [3.05, 3.63) is 0 Å². The Labute approximate surface area is 75.3 Å². The molecular formula is C9H21NS. The maximum absolute atomic E-state index is 3.35. The van der Waals surface area contributed by atoms with Crippen LogP contribution in [0.5, 0.6) is 0 Å². The molecule has 0 radical (unpaired) electrons. The number of nitrogens with one attached hydrogen (secondary N) is 1. The van der Waals surface area contributed by atoms with Crippen LogP contribution in [0, 0.1) is 5.92 Å². The molecule has 0 spiro atoms. The van der Waals surface area contributed by atoms with Gasteiger partial charge in [-0.2, -0.15) is 11.8 Å². The fourth-order valence-corrected chi connectivity index (χ4v) is 1.83. The molecule has 0 saturated carbocycles. The lowest BCUT2D eigenvalue weighted by atomic mass is 10.0. The van der Waals surface area contributed by atoms with Crippen LogP contribution in [0.4, 0.5) is 0 Å². The molecule has 0 aliphatic rings. The molecule has 2 heteroatoms. The van der Waals surface area contributed by atoms with Gasteiger partial charge in [-0.1, -0.05) is 20.3 Å². The summed E-state index contributed by atoms with van der Waals surface area (Å²) in [7, 11) is 2.06. The highest BCUT2D eigenvalue weighted by Crippen LogP contribution is 2.12. The Kier molecular flexibility index (Phi) is 7.18. The van der Waals surface area contributed by atoms with Gasteiger partial charge in [-0.3, -0.25) is 0 Å². The maximum atomic E-state index is 3.35. The Hall–Kier alpha value is 0.310. The molecule has 1 nitrogen and oxygen atoms in total. The van der Waals surface area contributed by atoms with Crippen LogP contribution in [0.3, 0.4) is 0 Å². The van der Waals surface area contributed by atoms with Crippen molar-refractivity contribution in [3.8, 4) is 0 Å². The summed E-state index contributed by atoms with van der Waals surface area (Å²) in [6, 6.07) is 0.708. The fourth-order valence-electron chi connectivity index (χ4n) is 1.12. The van der Waals surface area contributed by atoms with Crippen molar-refractivity contribution < 1.29 is 0 Å². The van der Waals surface area contributed by atoms with E-state index in [4.69, 9.17) is 0 Å². The molecule has 0 aromatic heterocycles. The zero-order valence-electron chi connectivity index (χ0n) is 8.18. The molecule has 0 aliphatic carbocycles. The van der Waals surface area contributed by atoms with Crippen LogP contribution in [0.2, 0.25) is 0 Å². The van der Waals surface area contributed by atoms with Crippen LogP contribution in [0.15, 0.2) is 0 Å². The second kappa shape index (κ2) is 6.99. The SMILES string of the molecule is CCC(C)CC(CSC)NC. The van der Waals surface area contributed by atoms with Crippen molar-refractivity contribution in [1.82, 2.24) is 5.32 Å². The van der Waals surface area contributed by atoms with Crippen LogP contribution in [0.25, 0.3) is 0 Å². The first-order valence-electron chi connectivity index (χ1n) is 4.40. The van der Waals surface area contributed by atoms with E-state index in [1.807, 2.05) is 11.8 Å². The molecule has 11 heavy (non-hydrogen) atoms. The van der Waals surface area contributed by atoms with E-state index in [-0.39, 0.29) is 0 Å². The molecule has 0 bridgehead atoms. The molecule has 0 aromatic carbocycles. The lowest BCUT2D eigenvalue weighted by Gasteiger charge is -2.18. The van der Waals surface area contributed by atoms with Gasteiger partial charge in [-0.05, 0) is 25.6 Å². The molecule has 0 heterocycles. The molecule has 0 saturated heterocycles. The standard InChI is InChI=1S/C9H21NS/c1-5-8(2)6-9(10-3)7-11-4/h8-10H,5-7H2,1-4H3. The van der Waals surface area contributed by atoms with Gasteiger partial charge in [-0.15, -0.1) is 0 Å². The predicted octanol–water partition coefficient (Wildman–Crippen LogP) is 2.37. The van der Waals surface area contributed by atoms with Crippen molar-refractivity contribution in [1.29, 1.82) is 0 Å². The Morgan fingerprint density at radius 2 is 2.09 bits per heavy atom. The van der Waals surface area contributed by atoms with Crippen molar-refractivity contribution in [2.45, 2.75) is 32.7 Å². The lowest BCUT2D eigenvalue weighted by Crippen LogP contribution is -2.29. The summed E-state index contributed by atoms with van der Waals surface area (Å²) in [5.74, 6) is 2.10. The number of hydrogen-bond acceptors (Lipinski definition) is 2. The van der Waals surface area contributed by atoms with E-state index in [0.29, 0.717) is 6.04 Å². The molecule has 0 amide bonds. The van der Waals surface area contributed by atoms with Gasteiger partial charge in [0, 0.05) is 11.8 Å². The van der Waals surface area contributed by atoms with Crippen LogP contribution in [-0.4, -0.2) is 25.1 Å². The van der Waals surface area contributed by atoms with Crippen LogP contribution in [-0.2, 0) is 0 Å². The quantitative estimate of drug-likeness (QED) is 0.665. The molecule has 2 unspecified atom stereocenters. The summed E-state index contributed by atoms with van der Waals surface area (Å²) in [6.07, 6.45) is 4.78. The molecule has 0 fully saturated rings. The van der Waals surface area contributed by atoms with Crippen molar-refractivity contribution in [2.24, 2.45) is 5.92 Å². The van der Waals surface area contributed by atoms with Crippen LogP contribution in [0.1, 0.15) is 26.7 Å². The van der Waals surface area contributed by atoms with Gasteiger partial charge in [0.2, 0.25) is 0 Å². The highest BCUT2D eigenvalue weighted by atomic mass is 32.2. The highest BCUT2D eigenvalue weighted by molar-refractivity contribution is 7.98. The average molecular weight is 175 g/mol. The first-order valence-corrected chi connectivity index (χ1v) is 5.80. The van der Waals surface area contributed by atoms with Crippen molar-refractivity contribution in [3.63, 3.8) is 0 Å². The van der Waals surface area contributed by atoms with Gasteiger partial charge < -0.3 is 5.32 Å². The minimum Gasteiger partial charge on any atom is -0.316 e. The Balaban J connectivity index is 3.49. The molecule has 0 rings (SSSR count). The Morgan fingerprint density at radius 1 is 1.45 bits per heavy atom.